The maximum atomic E-state index is 15.6. The van der Waals surface area contributed by atoms with Gasteiger partial charge in [0.05, 0.1) is 19.8 Å². The van der Waals surface area contributed by atoms with Crippen LogP contribution < -0.4 is 4.74 Å². The van der Waals surface area contributed by atoms with E-state index in [-0.39, 0.29) is 53.1 Å². The number of hydrogen-bond acceptors (Lipinski definition) is 7. The molecule has 0 spiro atoms. The minimum absolute atomic E-state index is 0.0384. The monoisotopic (exact) mass is 698 g/mol. The first-order chi connectivity index (χ1) is 22.1. The molecule has 0 fully saturated rings. The van der Waals surface area contributed by atoms with Crippen molar-refractivity contribution in [3.8, 4) is 32.4 Å². The van der Waals surface area contributed by atoms with E-state index in [9.17, 15) is 9.90 Å². The Bertz CT molecular complexity index is 1780. The maximum Gasteiger partial charge on any atom is 0.380 e. The molecule has 14 heteroatoms. The Hall–Kier alpha value is -3.85. The third-order valence-corrected chi connectivity index (χ3v) is 9.62. The molecule has 0 saturated carbocycles. The zero-order valence-electron chi connectivity index (χ0n) is 24.9. The van der Waals surface area contributed by atoms with Gasteiger partial charge < -0.3 is 24.4 Å². The van der Waals surface area contributed by atoms with Crippen molar-refractivity contribution in [1.29, 1.82) is 0 Å². The standard InChI is InChI=1S/C33H28F6O6S2/c1-18-24(15-26(46-18)20-3-7-22(40)8-4-20)29-30(32(36,37)33(38,39)31(29,34)35)25-16-27(47-19(25)2)21-5-9-23(10-6-21)45-14-13-43-11-12-44-17-28(41)42/h3-10,15-16,40H,11-14,17H2,1-2H3,(H,41,42). The molecule has 1 aliphatic carbocycles. The summed E-state index contributed by atoms with van der Waals surface area (Å²) in [4.78, 5) is 11.5. The van der Waals surface area contributed by atoms with E-state index in [4.69, 9.17) is 19.3 Å². The van der Waals surface area contributed by atoms with Gasteiger partial charge in [0.2, 0.25) is 0 Å². The predicted molar refractivity (Wildman–Crippen MR) is 167 cm³/mol. The number of aliphatic carboxylic acids is 1. The first kappa shape index (κ1) is 34.5. The number of hydrogen-bond donors (Lipinski definition) is 2. The number of phenolic OH excluding ortho intramolecular Hbond substituents is 1. The molecule has 250 valence electrons. The summed E-state index contributed by atoms with van der Waals surface area (Å²) >= 11 is 2.01. The molecule has 0 aliphatic heterocycles. The summed E-state index contributed by atoms with van der Waals surface area (Å²) in [7, 11) is 0. The first-order valence-corrected chi connectivity index (χ1v) is 15.8. The summed E-state index contributed by atoms with van der Waals surface area (Å²) in [5.41, 5.74) is -2.55. The van der Waals surface area contributed by atoms with Crippen molar-refractivity contribution in [3.63, 3.8) is 0 Å². The number of thiophene rings is 2. The van der Waals surface area contributed by atoms with Crippen LogP contribution in [0.3, 0.4) is 0 Å². The fourth-order valence-electron chi connectivity index (χ4n) is 5.12. The molecule has 4 aromatic rings. The molecule has 2 aromatic carbocycles. The number of benzene rings is 2. The largest absolute Gasteiger partial charge is 0.508 e. The zero-order chi connectivity index (χ0) is 34.1. The summed E-state index contributed by atoms with van der Waals surface area (Å²) < 4.78 is 108. The van der Waals surface area contributed by atoms with Crippen molar-refractivity contribution < 1.29 is 55.6 Å². The molecular weight excluding hydrogens is 670 g/mol. The highest BCUT2D eigenvalue weighted by Gasteiger charge is 2.80. The third-order valence-electron chi connectivity index (χ3n) is 7.43. The first-order valence-electron chi connectivity index (χ1n) is 14.2. The van der Waals surface area contributed by atoms with Gasteiger partial charge in [0.25, 0.3) is 0 Å². The molecule has 0 saturated heterocycles. The quantitative estimate of drug-likeness (QED) is 0.107. The van der Waals surface area contributed by atoms with Gasteiger partial charge in [-0.05, 0) is 96.8 Å². The summed E-state index contributed by atoms with van der Waals surface area (Å²) in [6.45, 7) is 3.07. The van der Waals surface area contributed by atoms with Crippen molar-refractivity contribution in [2.24, 2.45) is 0 Å². The van der Waals surface area contributed by atoms with Crippen LogP contribution in [0.1, 0.15) is 20.9 Å². The molecule has 0 amide bonds. The van der Waals surface area contributed by atoms with Crippen LogP contribution >= 0.6 is 22.7 Å². The second kappa shape index (κ2) is 13.3. The van der Waals surface area contributed by atoms with Gasteiger partial charge >= 0.3 is 23.7 Å². The summed E-state index contributed by atoms with van der Waals surface area (Å²) in [6.07, 6.45) is 0. The van der Waals surface area contributed by atoms with Crippen LogP contribution in [0.15, 0.2) is 60.7 Å². The van der Waals surface area contributed by atoms with E-state index in [1.54, 1.807) is 24.3 Å². The summed E-state index contributed by atoms with van der Waals surface area (Å²) in [5, 5.41) is 18.1. The van der Waals surface area contributed by atoms with Crippen LogP contribution in [-0.2, 0) is 14.3 Å². The van der Waals surface area contributed by atoms with Gasteiger partial charge in [-0.15, -0.1) is 22.7 Å². The molecule has 0 bridgehead atoms. The number of carbonyl (C=O) groups is 1. The highest BCUT2D eigenvalue weighted by atomic mass is 32.1. The fourth-order valence-corrected chi connectivity index (χ4v) is 7.18. The Kier molecular flexibility index (Phi) is 9.79. The normalized spacial score (nSPS) is 16.5. The molecule has 47 heavy (non-hydrogen) atoms. The van der Waals surface area contributed by atoms with Gasteiger partial charge in [-0.2, -0.15) is 26.3 Å². The number of ether oxygens (including phenoxy) is 3. The number of aromatic hydroxyl groups is 1. The highest BCUT2D eigenvalue weighted by Crippen LogP contribution is 2.66. The number of allylic oxidation sites excluding steroid dienone is 2. The predicted octanol–water partition coefficient (Wildman–Crippen LogP) is 8.79. The number of carboxylic acids is 1. The van der Waals surface area contributed by atoms with Gasteiger partial charge in [0.15, 0.2) is 0 Å². The maximum absolute atomic E-state index is 15.6. The lowest BCUT2D eigenvalue weighted by Gasteiger charge is -2.25. The van der Waals surface area contributed by atoms with Crippen molar-refractivity contribution in [2.75, 3.05) is 33.0 Å². The number of rotatable bonds is 13. The molecule has 2 heterocycles. The van der Waals surface area contributed by atoms with Crippen LogP contribution in [0, 0.1) is 13.8 Å². The second-order valence-corrected chi connectivity index (χ2v) is 13.1. The molecule has 0 unspecified atom stereocenters. The number of halogens is 6. The molecule has 6 nitrogen and oxygen atoms in total. The van der Waals surface area contributed by atoms with Gasteiger partial charge in [-0.1, -0.05) is 0 Å². The van der Waals surface area contributed by atoms with Gasteiger partial charge in [-0.25, -0.2) is 4.79 Å². The minimum atomic E-state index is -5.68. The Balaban J connectivity index is 1.42. The average molecular weight is 699 g/mol. The van der Waals surface area contributed by atoms with Crippen molar-refractivity contribution in [2.45, 2.75) is 31.6 Å². The number of alkyl halides is 6. The van der Waals surface area contributed by atoms with Crippen LogP contribution in [0.4, 0.5) is 26.3 Å². The SMILES string of the molecule is Cc1sc(-c2ccc(O)cc2)cc1C1=C(c2cc(-c3ccc(OCCOCCOCC(=O)O)cc3)sc2C)C(F)(F)C(F)(F)C1(F)F. The van der Waals surface area contributed by atoms with E-state index in [1.165, 1.54) is 50.2 Å². The minimum Gasteiger partial charge on any atom is -0.508 e. The molecule has 0 radical (unpaired) electrons. The van der Waals surface area contributed by atoms with Crippen LogP contribution in [0.5, 0.6) is 11.5 Å². The number of aryl methyl sites for hydroxylation is 2. The Labute approximate surface area is 273 Å². The van der Waals surface area contributed by atoms with Gasteiger partial charge in [0, 0.05) is 30.7 Å². The number of phenols is 1. The number of carboxylic acid groups (broad SMARTS) is 1. The smallest absolute Gasteiger partial charge is 0.380 e. The van der Waals surface area contributed by atoms with E-state index < -0.39 is 41.5 Å². The topological polar surface area (TPSA) is 85.2 Å². The van der Waals surface area contributed by atoms with E-state index in [0.717, 1.165) is 22.7 Å². The lowest BCUT2D eigenvalue weighted by atomic mass is 9.94. The van der Waals surface area contributed by atoms with Crippen LogP contribution in [-0.4, -0.2) is 67.0 Å². The average Bonchev–Trinajstić information content (AvgIpc) is 3.61. The fraction of sp³-hybridized carbons (Fsp3) is 0.303. The third kappa shape index (κ3) is 6.64. The van der Waals surface area contributed by atoms with Gasteiger partial charge in [-0.3, -0.25) is 0 Å². The lowest BCUT2D eigenvalue weighted by molar-refractivity contribution is -0.254. The second-order valence-electron chi connectivity index (χ2n) is 10.6. The molecule has 5 rings (SSSR count). The molecular formula is C33H28F6O6S2. The van der Waals surface area contributed by atoms with E-state index in [0.29, 0.717) is 26.6 Å². The molecule has 2 N–H and O–H groups in total. The van der Waals surface area contributed by atoms with Crippen molar-refractivity contribution in [1.82, 2.24) is 0 Å². The molecule has 2 aromatic heterocycles. The summed E-state index contributed by atoms with van der Waals surface area (Å²) in [5.74, 6) is -16.7. The summed E-state index contributed by atoms with van der Waals surface area (Å²) in [6, 6.07) is 14.7. The Morgan fingerprint density at radius 1 is 0.702 bits per heavy atom. The Morgan fingerprint density at radius 2 is 1.15 bits per heavy atom. The van der Waals surface area contributed by atoms with Crippen LogP contribution in [0.25, 0.3) is 32.0 Å². The van der Waals surface area contributed by atoms with E-state index in [2.05, 4.69) is 0 Å². The molecule has 0 atom stereocenters. The van der Waals surface area contributed by atoms with Crippen molar-refractivity contribution >= 4 is 39.8 Å². The Morgan fingerprint density at radius 3 is 1.64 bits per heavy atom. The van der Waals surface area contributed by atoms with Crippen molar-refractivity contribution in [3.05, 3.63) is 81.5 Å². The van der Waals surface area contributed by atoms with Crippen LogP contribution in [0.2, 0.25) is 0 Å². The zero-order valence-corrected chi connectivity index (χ0v) is 26.6. The van der Waals surface area contributed by atoms with E-state index in [1.807, 2.05) is 0 Å². The lowest BCUT2D eigenvalue weighted by Crippen LogP contribution is -2.48. The molecule has 1 aliphatic rings. The van der Waals surface area contributed by atoms with Gasteiger partial charge in [0.1, 0.15) is 24.7 Å². The van der Waals surface area contributed by atoms with E-state index >= 15 is 26.3 Å². The highest BCUT2D eigenvalue weighted by molar-refractivity contribution is 7.16.